The van der Waals surface area contributed by atoms with E-state index in [-0.39, 0.29) is 5.54 Å². The Balaban J connectivity index is 2.64. The first-order chi connectivity index (χ1) is 6.94. The largest absolute Gasteiger partial charge is 0.355 e. The average molecular weight is 248 g/mol. The van der Waals surface area contributed by atoms with Gasteiger partial charge in [0.1, 0.15) is 5.82 Å². The van der Waals surface area contributed by atoms with Crippen LogP contribution in [0.5, 0.6) is 0 Å². The van der Waals surface area contributed by atoms with Gasteiger partial charge in [0.15, 0.2) is 0 Å². The summed E-state index contributed by atoms with van der Waals surface area (Å²) in [6, 6.07) is 0. The maximum Gasteiger partial charge on any atom is 0.202 e. The van der Waals surface area contributed by atoms with Gasteiger partial charge < -0.3 is 5.32 Å². The van der Waals surface area contributed by atoms with Crippen LogP contribution in [0.4, 0.5) is 5.13 Å². The van der Waals surface area contributed by atoms with Crippen LogP contribution in [0, 0.1) is 0 Å². The van der Waals surface area contributed by atoms with Crippen molar-refractivity contribution in [3.8, 4) is 0 Å². The fraction of sp³-hybridized carbons (Fsp3) is 0.800. The van der Waals surface area contributed by atoms with Crippen LogP contribution >= 0.6 is 23.1 Å². The Morgan fingerprint density at radius 1 is 1.47 bits per heavy atom. The van der Waals surface area contributed by atoms with Crippen molar-refractivity contribution in [1.29, 1.82) is 0 Å². The summed E-state index contributed by atoms with van der Waals surface area (Å²) in [5, 5.41) is 4.24. The molecule has 0 unspecified atom stereocenters. The number of aromatic nitrogens is 2. The molecule has 0 bridgehead atoms. The standard InChI is InChI=1S/C10H18ClN3S/c1-7(2)8-12-9(15-14-8)13-10(3,4)5-6-11/h7H,5-6H2,1-4H3,(H,12,13,14). The monoisotopic (exact) mass is 247 g/mol. The first-order valence-electron chi connectivity index (χ1n) is 5.12. The summed E-state index contributed by atoms with van der Waals surface area (Å²) in [7, 11) is 0. The Labute approximate surface area is 100 Å². The van der Waals surface area contributed by atoms with Crippen molar-refractivity contribution in [3.63, 3.8) is 0 Å². The zero-order chi connectivity index (χ0) is 11.5. The number of alkyl halides is 1. The lowest BCUT2D eigenvalue weighted by Crippen LogP contribution is -2.31. The van der Waals surface area contributed by atoms with E-state index in [1.54, 1.807) is 0 Å². The predicted molar refractivity (Wildman–Crippen MR) is 67.0 cm³/mol. The molecule has 3 nitrogen and oxygen atoms in total. The van der Waals surface area contributed by atoms with Crippen LogP contribution in [0.3, 0.4) is 0 Å². The van der Waals surface area contributed by atoms with E-state index >= 15 is 0 Å². The van der Waals surface area contributed by atoms with Crippen LogP contribution in [0.25, 0.3) is 0 Å². The van der Waals surface area contributed by atoms with E-state index in [4.69, 9.17) is 11.6 Å². The van der Waals surface area contributed by atoms with Crippen molar-refractivity contribution in [2.45, 2.75) is 45.6 Å². The van der Waals surface area contributed by atoms with Gasteiger partial charge in [-0.15, -0.1) is 11.6 Å². The van der Waals surface area contributed by atoms with E-state index in [9.17, 15) is 0 Å². The molecule has 1 aromatic heterocycles. The second-order valence-electron chi connectivity index (χ2n) is 4.56. The van der Waals surface area contributed by atoms with Crippen molar-refractivity contribution < 1.29 is 0 Å². The van der Waals surface area contributed by atoms with Crippen LogP contribution in [-0.2, 0) is 0 Å². The molecule has 0 saturated carbocycles. The molecule has 0 aliphatic carbocycles. The van der Waals surface area contributed by atoms with Gasteiger partial charge in [-0.05, 0) is 20.3 Å². The highest BCUT2D eigenvalue weighted by molar-refractivity contribution is 7.09. The molecule has 15 heavy (non-hydrogen) atoms. The second-order valence-corrected chi connectivity index (χ2v) is 5.69. The molecule has 5 heteroatoms. The lowest BCUT2D eigenvalue weighted by Gasteiger charge is -2.24. The molecule has 0 spiro atoms. The summed E-state index contributed by atoms with van der Waals surface area (Å²) >= 11 is 7.15. The lowest BCUT2D eigenvalue weighted by atomic mass is 10.0. The molecule has 0 aromatic carbocycles. The number of anilines is 1. The van der Waals surface area contributed by atoms with Crippen molar-refractivity contribution in [2.24, 2.45) is 0 Å². The average Bonchev–Trinajstić information content (AvgIpc) is 2.51. The van der Waals surface area contributed by atoms with Crippen molar-refractivity contribution in [2.75, 3.05) is 11.2 Å². The first kappa shape index (κ1) is 12.7. The van der Waals surface area contributed by atoms with Gasteiger partial charge in [0.05, 0.1) is 0 Å². The number of nitrogens with zero attached hydrogens (tertiary/aromatic N) is 2. The maximum atomic E-state index is 5.74. The van der Waals surface area contributed by atoms with E-state index in [0.29, 0.717) is 11.8 Å². The van der Waals surface area contributed by atoms with Crippen LogP contribution in [-0.4, -0.2) is 20.8 Å². The Morgan fingerprint density at radius 3 is 2.60 bits per heavy atom. The van der Waals surface area contributed by atoms with Gasteiger partial charge in [0, 0.05) is 28.9 Å². The van der Waals surface area contributed by atoms with Crippen molar-refractivity contribution >= 4 is 28.3 Å². The van der Waals surface area contributed by atoms with Gasteiger partial charge in [0.25, 0.3) is 0 Å². The zero-order valence-corrected chi connectivity index (χ0v) is 11.2. The maximum absolute atomic E-state index is 5.74. The van der Waals surface area contributed by atoms with Gasteiger partial charge in [0.2, 0.25) is 5.13 Å². The summed E-state index contributed by atoms with van der Waals surface area (Å²) in [4.78, 5) is 4.43. The van der Waals surface area contributed by atoms with Gasteiger partial charge in [-0.1, -0.05) is 13.8 Å². The van der Waals surface area contributed by atoms with Crippen LogP contribution < -0.4 is 5.32 Å². The molecule has 0 aliphatic heterocycles. The normalized spacial score (nSPS) is 12.1. The molecule has 1 heterocycles. The number of nitrogens with one attached hydrogen (secondary N) is 1. The highest BCUT2D eigenvalue weighted by Crippen LogP contribution is 2.22. The fourth-order valence-electron chi connectivity index (χ4n) is 1.11. The Morgan fingerprint density at radius 2 is 2.13 bits per heavy atom. The first-order valence-corrected chi connectivity index (χ1v) is 6.43. The third kappa shape index (κ3) is 3.95. The summed E-state index contributed by atoms with van der Waals surface area (Å²) < 4.78 is 4.30. The van der Waals surface area contributed by atoms with Crippen LogP contribution in [0.1, 0.15) is 45.9 Å². The van der Waals surface area contributed by atoms with E-state index in [1.807, 2.05) is 0 Å². The molecule has 0 amide bonds. The Kier molecular flexibility index (Phi) is 4.34. The highest BCUT2D eigenvalue weighted by Gasteiger charge is 2.19. The van der Waals surface area contributed by atoms with E-state index in [2.05, 4.69) is 42.4 Å². The summed E-state index contributed by atoms with van der Waals surface area (Å²) in [6.07, 6.45) is 0.908. The molecule has 0 atom stereocenters. The minimum absolute atomic E-state index is 0.0183. The van der Waals surface area contributed by atoms with Crippen LogP contribution in [0.2, 0.25) is 0 Å². The molecule has 0 saturated heterocycles. The van der Waals surface area contributed by atoms with Crippen molar-refractivity contribution in [3.05, 3.63) is 5.82 Å². The van der Waals surface area contributed by atoms with Gasteiger partial charge in [-0.25, -0.2) is 4.98 Å². The number of hydrogen-bond acceptors (Lipinski definition) is 4. The molecular weight excluding hydrogens is 230 g/mol. The highest BCUT2D eigenvalue weighted by atomic mass is 35.5. The molecule has 1 rings (SSSR count). The number of hydrogen-bond donors (Lipinski definition) is 1. The zero-order valence-electron chi connectivity index (χ0n) is 9.67. The third-order valence-electron chi connectivity index (χ3n) is 2.12. The van der Waals surface area contributed by atoms with E-state index in [0.717, 1.165) is 17.4 Å². The third-order valence-corrected chi connectivity index (χ3v) is 2.96. The number of rotatable bonds is 5. The quantitative estimate of drug-likeness (QED) is 0.810. The molecule has 1 N–H and O–H groups in total. The Bertz CT molecular complexity index is 309. The SMILES string of the molecule is CC(C)c1nsc(NC(C)(C)CCCl)n1. The summed E-state index contributed by atoms with van der Waals surface area (Å²) in [6.45, 7) is 8.42. The topological polar surface area (TPSA) is 37.8 Å². The van der Waals surface area contributed by atoms with Gasteiger partial charge in [-0.2, -0.15) is 4.37 Å². The molecule has 86 valence electrons. The minimum Gasteiger partial charge on any atom is -0.355 e. The van der Waals surface area contributed by atoms with Crippen molar-refractivity contribution in [1.82, 2.24) is 9.36 Å². The van der Waals surface area contributed by atoms with Gasteiger partial charge in [-0.3, -0.25) is 0 Å². The minimum atomic E-state index is -0.0183. The number of halogens is 1. The summed E-state index contributed by atoms with van der Waals surface area (Å²) in [5.74, 6) is 1.94. The van der Waals surface area contributed by atoms with Gasteiger partial charge >= 0.3 is 0 Å². The fourth-order valence-corrected chi connectivity index (χ4v) is 2.47. The molecule has 0 radical (unpaired) electrons. The second kappa shape index (κ2) is 5.12. The molecule has 0 aliphatic rings. The smallest absolute Gasteiger partial charge is 0.202 e. The Hall–Kier alpha value is -0.350. The predicted octanol–water partition coefficient (Wildman–Crippen LogP) is 3.48. The lowest BCUT2D eigenvalue weighted by molar-refractivity contribution is 0.549. The van der Waals surface area contributed by atoms with Crippen LogP contribution in [0.15, 0.2) is 0 Å². The molecular formula is C10H18ClN3S. The molecule has 0 fully saturated rings. The molecule has 1 aromatic rings. The van der Waals surface area contributed by atoms with E-state index in [1.165, 1.54) is 11.5 Å². The summed E-state index contributed by atoms with van der Waals surface area (Å²) in [5.41, 5.74) is -0.0183. The van der Waals surface area contributed by atoms with E-state index < -0.39 is 0 Å².